The maximum Gasteiger partial charge on any atom is 0.307 e. The monoisotopic (exact) mass is 594 g/mol. The number of aryl methyl sites for hydroxylation is 1. The van der Waals surface area contributed by atoms with Crippen molar-refractivity contribution in [2.75, 3.05) is 19.7 Å². The Morgan fingerprint density at radius 2 is 1.79 bits per heavy atom. The molecular weight excluding hydrogens is 564 g/mol. The van der Waals surface area contributed by atoms with Gasteiger partial charge in [-0.05, 0) is 68.1 Å². The van der Waals surface area contributed by atoms with Crippen LogP contribution in [-0.4, -0.2) is 57.3 Å². The van der Waals surface area contributed by atoms with Crippen LogP contribution in [0, 0.1) is 5.92 Å². The minimum absolute atomic E-state index is 0.0136. The number of nitrogens with two attached hydrogens (primary N) is 1. The summed E-state index contributed by atoms with van der Waals surface area (Å²) in [5, 5.41) is 5.26. The number of aromatic nitrogens is 1. The molecule has 2 aromatic carbocycles. The molecule has 39 heavy (non-hydrogen) atoms. The molecule has 0 radical (unpaired) electrons. The van der Waals surface area contributed by atoms with E-state index in [-0.39, 0.29) is 45.6 Å². The molecule has 1 saturated heterocycles. The fourth-order valence-corrected chi connectivity index (χ4v) is 7.71. The van der Waals surface area contributed by atoms with E-state index in [0.29, 0.717) is 23.3 Å². The molecule has 1 aliphatic rings. The quantitative estimate of drug-likeness (QED) is 0.392. The molecule has 2 heterocycles. The first kappa shape index (κ1) is 29.1. The molecule has 0 bridgehead atoms. The van der Waals surface area contributed by atoms with E-state index in [1.807, 2.05) is 6.92 Å². The van der Waals surface area contributed by atoms with Gasteiger partial charge in [0.1, 0.15) is 0 Å². The summed E-state index contributed by atoms with van der Waals surface area (Å²) in [5.74, 6) is -0.762. The van der Waals surface area contributed by atoms with Crippen LogP contribution in [-0.2, 0) is 36.1 Å². The minimum atomic E-state index is -3.95. The van der Waals surface area contributed by atoms with Crippen molar-refractivity contribution in [1.82, 2.24) is 8.87 Å². The van der Waals surface area contributed by atoms with Gasteiger partial charge in [-0.2, -0.15) is 9.30 Å². The van der Waals surface area contributed by atoms with Crippen LogP contribution in [0.5, 0.6) is 0 Å². The molecule has 0 spiro atoms. The van der Waals surface area contributed by atoms with Crippen LogP contribution < -0.4 is 9.94 Å². The minimum Gasteiger partial charge on any atom is -0.466 e. The highest BCUT2D eigenvalue weighted by Gasteiger charge is 2.28. The summed E-state index contributed by atoms with van der Waals surface area (Å²) in [4.78, 5) is 29.5. The molecule has 210 valence electrons. The molecule has 1 unspecified atom stereocenters. The summed E-state index contributed by atoms with van der Waals surface area (Å²) in [5.41, 5.74) is 0.751. The normalized spacial score (nSPS) is 17.4. The van der Waals surface area contributed by atoms with E-state index in [0.717, 1.165) is 24.2 Å². The zero-order valence-corrected chi connectivity index (χ0v) is 24.0. The van der Waals surface area contributed by atoms with Crippen LogP contribution in [0.15, 0.2) is 57.2 Å². The van der Waals surface area contributed by atoms with E-state index in [1.54, 1.807) is 17.6 Å². The van der Waals surface area contributed by atoms with Crippen LogP contribution in [0.3, 0.4) is 0 Å². The molecular formula is C25H30N4O7S3. The van der Waals surface area contributed by atoms with Gasteiger partial charge in [0.2, 0.25) is 20.0 Å². The molecule has 2 N–H and O–H groups in total. The number of piperidine rings is 1. The third-order valence-corrected chi connectivity index (χ3v) is 10.2. The number of primary sulfonamides is 1. The van der Waals surface area contributed by atoms with Gasteiger partial charge in [0.05, 0.1) is 33.0 Å². The highest BCUT2D eigenvalue weighted by molar-refractivity contribution is 7.89. The molecule has 1 fully saturated rings. The SMILES string of the molecule is CCOC(=O)CCn1c(=NC(=O)c2ccc(S(=O)(=O)N3CCCC(C)C3)cc2)sc2cc(S(N)(=O)=O)ccc21. The van der Waals surface area contributed by atoms with E-state index in [9.17, 15) is 26.4 Å². The molecule has 4 rings (SSSR count). The lowest BCUT2D eigenvalue weighted by molar-refractivity contribution is -0.143. The predicted octanol–water partition coefficient (Wildman–Crippen LogP) is 2.47. The lowest BCUT2D eigenvalue weighted by Gasteiger charge is -2.30. The summed E-state index contributed by atoms with van der Waals surface area (Å²) in [6.07, 6.45) is 1.81. The third kappa shape index (κ3) is 6.64. The van der Waals surface area contributed by atoms with Crippen molar-refractivity contribution < 1.29 is 31.2 Å². The van der Waals surface area contributed by atoms with E-state index >= 15 is 0 Å². The van der Waals surface area contributed by atoms with E-state index in [4.69, 9.17) is 9.88 Å². The van der Waals surface area contributed by atoms with Gasteiger partial charge in [-0.25, -0.2) is 22.0 Å². The number of ether oxygens (including phenoxy) is 1. The number of carbonyl (C=O) groups is 2. The van der Waals surface area contributed by atoms with Crippen molar-refractivity contribution in [1.29, 1.82) is 0 Å². The van der Waals surface area contributed by atoms with Crippen molar-refractivity contribution >= 4 is 53.5 Å². The van der Waals surface area contributed by atoms with E-state index < -0.39 is 31.9 Å². The number of hydrogen-bond donors (Lipinski definition) is 1. The first-order valence-electron chi connectivity index (χ1n) is 12.4. The summed E-state index contributed by atoms with van der Waals surface area (Å²) < 4.78 is 58.4. The number of esters is 1. The topological polar surface area (TPSA) is 158 Å². The number of carbonyl (C=O) groups excluding carboxylic acids is 2. The van der Waals surface area contributed by atoms with Gasteiger partial charge in [0.15, 0.2) is 4.80 Å². The van der Waals surface area contributed by atoms with Crippen LogP contribution in [0.4, 0.5) is 0 Å². The molecule has 0 aliphatic carbocycles. The molecule has 14 heteroatoms. The number of rotatable bonds is 8. The lowest BCUT2D eigenvalue weighted by Crippen LogP contribution is -2.39. The third-order valence-electron chi connectivity index (χ3n) is 6.38. The van der Waals surface area contributed by atoms with Gasteiger partial charge in [-0.3, -0.25) is 9.59 Å². The maximum atomic E-state index is 13.1. The van der Waals surface area contributed by atoms with Gasteiger partial charge < -0.3 is 9.30 Å². The standard InChI is InChI=1S/C25H30N4O7S3/c1-3-36-23(30)12-14-29-21-11-10-20(38(26,32)33)15-22(21)37-25(29)27-24(31)18-6-8-19(9-7-18)39(34,35)28-13-4-5-17(2)16-28/h6-11,15,17H,3-5,12-14,16H2,1-2H3,(H2,26,32,33). The second-order valence-corrected chi connectivity index (χ2v) is 13.8. The van der Waals surface area contributed by atoms with Crippen LogP contribution in [0.25, 0.3) is 10.2 Å². The Kier molecular flexibility index (Phi) is 8.71. The number of sulfonamides is 2. The molecule has 1 aromatic heterocycles. The number of hydrogen-bond acceptors (Lipinski definition) is 8. The number of fused-ring (bicyclic) bond motifs is 1. The largest absolute Gasteiger partial charge is 0.466 e. The smallest absolute Gasteiger partial charge is 0.307 e. The first-order chi connectivity index (χ1) is 18.4. The van der Waals surface area contributed by atoms with Crippen molar-refractivity contribution in [3.05, 3.63) is 52.8 Å². The number of amides is 1. The van der Waals surface area contributed by atoms with Gasteiger partial charge in [-0.1, -0.05) is 18.3 Å². The van der Waals surface area contributed by atoms with Gasteiger partial charge in [-0.15, -0.1) is 0 Å². The summed E-state index contributed by atoms with van der Waals surface area (Å²) >= 11 is 1.07. The molecule has 1 aliphatic heterocycles. The van der Waals surface area contributed by atoms with Crippen LogP contribution in [0.2, 0.25) is 0 Å². The number of nitrogens with zero attached hydrogens (tertiary/aromatic N) is 3. The van der Waals surface area contributed by atoms with E-state index in [1.165, 1.54) is 40.7 Å². The highest BCUT2D eigenvalue weighted by Crippen LogP contribution is 2.24. The Bertz CT molecular complexity index is 1670. The molecule has 1 atom stereocenters. The lowest BCUT2D eigenvalue weighted by atomic mass is 10.0. The summed E-state index contributed by atoms with van der Waals surface area (Å²) in [7, 11) is -7.62. The second kappa shape index (κ2) is 11.7. The van der Waals surface area contributed by atoms with E-state index in [2.05, 4.69) is 4.99 Å². The Labute approximate surface area is 231 Å². The molecule has 11 nitrogen and oxygen atoms in total. The summed E-state index contributed by atoms with van der Waals surface area (Å²) in [6.45, 7) is 5.02. The fraction of sp³-hybridized carbons (Fsp3) is 0.400. The van der Waals surface area contributed by atoms with Crippen molar-refractivity contribution in [2.24, 2.45) is 16.0 Å². The Morgan fingerprint density at radius 3 is 2.44 bits per heavy atom. The zero-order chi connectivity index (χ0) is 28.4. The average molecular weight is 595 g/mol. The van der Waals surface area contributed by atoms with Gasteiger partial charge >= 0.3 is 5.97 Å². The molecule has 1 amide bonds. The predicted molar refractivity (Wildman–Crippen MR) is 146 cm³/mol. The maximum absolute atomic E-state index is 13.1. The molecule has 3 aromatic rings. The van der Waals surface area contributed by atoms with Crippen LogP contribution in [0.1, 0.15) is 43.5 Å². The number of benzene rings is 2. The highest BCUT2D eigenvalue weighted by atomic mass is 32.2. The zero-order valence-electron chi connectivity index (χ0n) is 21.6. The number of thiazole rings is 1. The average Bonchev–Trinajstić information content (AvgIpc) is 3.23. The Balaban J connectivity index is 1.67. The van der Waals surface area contributed by atoms with Crippen LogP contribution >= 0.6 is 11.3 Å². The van der Waals surface area contributed by atoms with Crippen molar-refractivity contribution in [3.63, 3.8) is 0 Å². The first-order valence-corrected chi connectivity index (χ1v) is 16.2. The van der Waals surface area contributed by atoms with Crippen molar-refractivity contribution in [3.8, 4) is 0 Å². The fourth-order valence-electron chi connectivity index (χ4n) is 4.40. The second-order valence-electron chi connectivity index (χ2n) is 9.32. The summed E-state index contributed by atoms with van der Waals surface area (Å²) in [6, 6.07) is 9.91. The van der Waals surface area contributed by atoms with Gasteiger partial charge in [0, 0.05) is 25.2 Å². The van der Waals surface area contributed by atoms with Crippen molar-refractivity contribution in [2.45, 2.75) is 49.4 Å². The Morgan fingerprint density at radius 1 is 1.10 bits per heavy atom. The Hall–Kier alpha value is -2.91. The molecule has 0 saturated carbocycles. The van der Waals surface area contributed by atoms with Gasteiger partial charge in [0.25, 0.3) is 5.91 Å².